The minimum atomic E-state index is -0.836. The molecule has 14 heavy (non-hydrogen) atoms. The molecule has 0 unspecified atom stereocenters. The van der Waals surface area contributed by atoms with Crippen LogP contribution < -0.4 is 0 Å². The predicted octanol–water partition coefficient (Wildman–Crippen LogP) is 1.37. The van der Waals surface area contributed by atoms with Crippen LogP contribution in [0.2, 0.25) is 0 Å². The molecule has 74 valence electrons. The maximum Gasteiger partial charge on any atom is 0.256 e. The number of aliphatic hydroxyl groups excluding tert-OH is 1. The molecule has 3 nitrogen and oxygen atoms in total. The number of amides is 1. The molecule has 0 saturated heterocycles. The first kappa shape index (κ1) is 9.49. The summed E-state index contributed by atoms with van der Waals surface area (Å²) in [6.45, 7) is 0.371. The fourth-order valence-corrected chi connectivity index (χ4v) is 1.85. The van der Waals surface area contributed by atoms with E-state index in [0.29, 0.717) is 23.6 Å². The molecule has 1 atom stereocenters. The highest BCUT2D eigenvalue weighted by Gasteiger charge is 2.34. The van der Waals surface area contributed by atoms with Crippen LogP contribution in [0.3, 0.4) is 0 Å². The molecule has 0 aliphatic carbocycles. The van der Waals surface area contributed by atoms with Gasteiger partial charge in [0.1, 0.15) is 0 Å². The van der Waals surface area contributed by atoms with Gasteiger partial charge in [0.25, 0.3) is 5.91 Å². The third-order valence-corrected chi connectivity index (χ3v) is 2.52. The number of hydrogen-bond acceptors (Lipinski definition) is 2. The highest BCUT2D eigenvalue weighted by molar-refractivity contribution is 6.18. The molecule has 0 radical (unpaired) electrons. The summed E-state index contributed by atoms with van der Waals surface area (Å²) in [6, 6.07) is 7.06. The van der Waals surface area contributed by atoms with Gasteiger partial charge in [-0.05, 0) is 6.07 Å². The van der Waals surface area contributed by atoms with Gasteiger partial charge in [-0.3, -0.25) is 4.79 Å². The first-order chi connectivity index (χ1) is 6.75. The van der Waals surface area contributed by atoms with Gasteiger partial charge in [0.2, 0.25) is 0 Å². The maximum absolute atomic E-state index is 11.7. The number of carbonyl (C=O) groups excluding carboxylic acids is 1. The van der Waals surface area contributed by atoms with Gasteiger partial charge in [0.15, 0.2) is 6.23 Å². The Labute approximate surface area is 86.9 Å². The van der Waals surface area contributed by atoms with Gasteiger partial charge < -0.3 is 10.0 Å². The third-order valence-electron chi connectivity index (χ3n) is 2.35. The first-order valence-corrected chi connectivity index (χ1v) is 4.93. The summed E-state index contributed by atoms with van der Waals surface area (Å²) in [4.78, 5) is 13.1. The molecule has 0 saturated carbocycles. The highest BCUT2D eigenvalue weighted by Crippen LogP contribution is 2.30. The van der Waals surface area contributed by atoms with Crippen LogP contribution in [-0.2, 0) is 0 Å². The van der Waals surface area contributed by atoms with Gasteiger partial charge >= 0.3 is 0 Å². The number of benzene rings is 1. The molecule has 1 aliphatic rings. The number of rotatable bonds is 2. The van der Waals surface area contributed by atoms with Gasteiger partial charge in [0, 0.05) is 23.6 Å². The normalized spacial score (nSPS) is 20.0. The van der Waals surface area contributed by atoms with E-state index in [2.05, 4.69) is 0 Å². The van der Waals surface area contributed by atoms with Crippen molar-refractivity contribution in [3.8, 4) is 0 Å². The van der Waals surface area contributed by atoms with Crippen molar-refractivity contribution in [2.45, 2.75) is 6.23 Å². The minimum Gasteiger partial charge on any atom is -0.369 e. The topological polar surface area (TPSA) is 40.5 Å². The van der Waals surface area contributed by atoms with Crippen molar-refractivity contribution in [3.05, 3.63) is 35.4 Å². The van der Waals surface area contributed by atoms with Gasteiger partial charge in [-0.1, -0.05) is 18.2 Å². The molecule has 0 bridgehead atoms. The van der Waals surface area contributed by atoms with Crippen molar-refractivity contribution < 1.29 is 9.90 Å². The summed E-state index contributed by atoms with van der Waals surface area (Å²) in [6.07, 6.45) is -0.836. The smallest absolute Gasteiger partial charge is 0.256 e. The number of fused-ring (bicyclic) bond motifs is 1. The second kappa shape index (κ2) is 3.59. The average Bonchev–Trinajstić information content (AvgIpc) is 2.45. The second-order valence-electron chi connectivity index (χ2n) is 3.15. The van der Waals surface area contributed by atoms with Crippen LogP contribution in [0.5, 0.6) is 0 Å². The van der Waals surface area contributed by atoms with Crippen molar-refractivity contribution in [1.82, 2.24) is 4.90 Å². The van der Waals surface area contributed by atoms with E-state index >= 15 is 0 Å². The van der Waals surface area contributed by atoms with E-state index in [0.717, 1.165) is 0 Å². The van der Waals surface area contributed by atoms with Gasteiger partial charge in [-0.25, -0.2) is 0 Å². The zero-order chi connectivity index (χ0) is 10.1. The molecule has 0 spiro atoms. The minimum absolute atomic E-state index is 0.145. The summed E-state index contributed by atoms with van der Waals surface area (Å²) >= 11 is 5.55. The van der Waals surface area contributed by atoms with Crippen LogP contribution in [0.15, 0.2) is 24.3 Å². The summed E-state index contributed by atoms with van der Waals surface area (Å²) in [7, 11) is 0. The van der Waals surface area contributed by atoms with Crippen LogP contribution in [0.25, 0.3) is 0 Å². The predicted molar refractivity (Wildman–Crippen MR) is 53.2 cm³/mol. The monoisotopic (exact) mass is 211 g/mol. The van der Waals surface area contributed by atoms with Crippen molar-refractivity contribution in [2.24, 2.45) is 0 Å². The largest absolute Gasteiger partial charge is 0.369 e. The fraction of sp³-hybridized carbons (Fsp3) is 0.300. The van der Waals surface area contributed by atoms with Crippen molar-refractivity contribution in [1.29, 1.82) is 0 Å². The first-order valence-electron chi connectivity index (χ1n) is 4.39. The Morgan fingerprint density at radius 1 is 1.43 bits per heavy atom. The van der Waals surface area contributed by atoms with Gasteiger partial charge in [-0.2, -0.15) is 0 Å². The maximum atomic E-state index is 11.7. The van der Waals surface area contributed by atoms with E-state index in [4.69, 9.17) is 11.6 Å². The van der Waals surface area contributed by atoms with Crippen LogP contribution in [0.1, 0.15) is 22.1 Å². The Morgan fingerprint density at radius 2 is 2.14 bits per heavy atom. The van der Waals surface area contributed by atoms with Crippen molar-refractivity contribution >= 4 is 17.5 Å². The second-order valence-corrected chi connectivity index (χ2v) is 3.53. The van der Waals surface area contributed by atoms with Crippen LogP contribution in [0.4, 0.5) is 0 Å². The van der Waals surface area contributed by atoms with E-state index in [-0.39, 0.29) is 5.91 Å². The molecule has 2 rings (SSSR count). The lowest BCUT2D eigenvalue weighted by Crippen LogP contribution is -2.29. The molecular weight excluding hydrogens is 202 g/mol. The average molecular weight is 212 g/mol. The van der Waals surface area contributed by atoms with Gasteiger partial charge in [0.05, 0.1) is 0 Å². The number of alkyl halides is 1. The van der Waals surface area contributed by atoms with E-state index in [1.54, 1.807) is 24.3 Å². The molecule has 1 aromatic carbocycles. The summed E-state index contributed by atoms with van der Waals surface area (Å²) in [5.74, 6) is 0.185. The Bertz CT molecular complexity index is 367. The molecule has 0 aromatic heterocycles. The standard InChI is InChI=1S/C10H10ClNO2/c11-5-6-12-9(13)7-3-1-2-4-8(7)10(12)14/h1-4,9,13H,5-6H2/t9-/m0/s1. The quantitative estimate of drug-likeness (QED) is 0.751. The van der Waals surface area contributed by atoms with Gasteiger partial charge in [-0.15, -0.1) is 11.6 Å². The lowest BCUT2D eigenvalue weighted by Gasteiger charge is -2.18. The van der Waals surface area contributed by atoms with E-state index in [1.807, 2.05) is 0 Å². The molecule has 4 heteroatoms. The zero-order valence-electron chi connectivity index (χ0n) is 7.48. The Hall–Kier alpha value is -1.06. The van der Waals surface area contributed by atoms with Crippen LogP contribution in [0, 0.1) is 0 Å². The molecule has 0 fully saturated rings. The summed E-state index contributed by atoms with van der Waals surface area (Å²) < 4.78 is 0. The molecule has 1 aliphatic heterocycles. The summed E-state index contributed by atoms with van der Waals surface area (Å²) in [5.41, 5.74) is 1.24. The van der Waals surface area contributed by atoms with E-state index in [9.17, 15) is 9.90 Å². The molecule has 1 heterocycles. The highest BCUT2D eigenvalue weighted by atomic mass is 35.5. The number of halogens is 1. The van der Waals surface area contributed by atoms with Crippen LogP contribution >= 0.6 is 11.6 Å². The number of aliphatic hydroxyl groups is 1. The Morgan fingerprint density at radius 3 is 2.79 bits per heavy atom. The van der Waals surface area contributed by atoms with E-state index < -0.39 is 6.23 Å². The lowest BCUT2D eigenvalue weighted by atomic mass is 10.1. The summed E-state index contributed by atoms with van der Waals surface area (Å²) in [5, 5.41) is 9.79. The SMILES string of the molecule is O=C1c2ccccc2[C@H](O)N1CCCl. The zero-order valence-corrected chi connectivity index (χ0v) is 8.24. The number of nitrogens with zero attached hydrogens (tertiary/aromatic N) is 1. The molecule has 1 aromatic rings. The number of carbonyl (C=O) groups is 1. The molecule has 1 amide bonds. The van der Waals surface area contributed by atoms with E-state index in [1.165, 1.54) is 4.90 Å². The third kappa shape index (κ3) is 1.29. The fourth-order valence-electron chi connectivity index (χ4n) is 1.67. The Kier molecular flexibility index (Phi) is 2.44. The molecule has 1 N–H and O–H groups in total. The Balaban J connectivity index is 2.38. The van der Waals surface area contributed by atoms with Crippen molar-refractivity contribution in [2.75, 3.05) is 12.4 Å². The molecular formula is C10H10ClNO2. The number of hydrogen-bond donors (Lipinski definition) is 1. The van der Waals surface area contributed by atoms with Crippen LogP contribution in [-0.4, -0.2) is 28.3 Å². The van der Waals surface area contributed by atoms with Crippen molar-refractivity contribution in [3.63, 3.8) is 0 Å². The lowest BCUT2D eigenvalue weighted by molar-refractivity contribution is 0.0206.